The molecule has 0 aromatic heterocycles. The molecule has 2 aromatic carbocycles. The SMILES string of the molecule is Cc1cc(C)c(SCC(=O)NCC(=O)Nc2ccc(F)cc2)c(C)c1. The van der Waals surface area contributed by atoms with Gasteiger partial charge in [0.15, 0.2) is 0 Å². The van der Waals surface area contributed by atoms with Crippen LogP contribution in [0.1, 0.15) is 16.7 Å². The molecule has 25 heavy (non-hydrogen) atoms. The smallest absolute Gasteiger partial charge is 0.243 e. The van der Waals surface area contributed by atoms with Crippen molar-refractivity contribution in [2.45, 2.75) is 25.7 Å². The second-order valence-corrected chi connectivity index (χ2v) is 6.83. The molecular formula is C19H21FN2O2S. The highest BCUT2D eigenvalue weighted by Gasteiger charge is 2.10. The number of thioether (sulfide) groups is 1. The fraction of sp³-hybridized carbons (Fsp3) is 0.263. The highest BCUT2D eigenvalue weighted by molar-refractivity contribution is 8.00. The zero-order chi connectivity index (χ0) is 18.4. The Morgan fingerprint density at radius 3 is 2.20 bits per heavy atom. The molecule has 0 spiro atoms. The van der Waals surface area contributed by atoms with Crippen molar-refractivity contribution in [2.24, 2.45) is 0 Å². The Morgan fingerprint density at radius 2 is 1.60 bits per heavy atom. The van der Waals surface area contributed by atoms with Crippen LogP contribution in [0.25, 0.3) is 0 Å². The predicted octanol–water partition coefficient (Wildman–Crippen LogP) is 3.60. The standard InChI is InChI=1S/C19H21FN2O2S/c1-12-8-13(2)19(14(3)9-12)25-11-18(24)21-10-17(23)22-16-6-4-15(20)5-7-16/h4-9H,10-11H2,1-3H3,(H,21,24)(H,22,23). The molecule has 0 aliphatic heterocycles. The van der Waals surface area contributed by atoms with Gasteiger partial charge >= 0.3 is 0 Å². The minimum absolute atomic E-state index is 0.122. The fourth-order valence-electron chi connectivity index (χ4n) is 2.50. The van der Waals surface area contributed by atoms with Gasteiger partial charge in [-0.1, -0.05) is 17.7 Å². The van der Waals surface area contributed by atoms with Gasteiger partial charge in [0.05, 0.1) is 12.3 Å². The van der Waals surface area contributed by atoms with Crippen molar-refractivity contribution in [3.05, 3.63) is 58.9 Å². The number of nitrogens with one attached hydrogen (secondary N) is 2. The molecule has 0 unspecified atom stereocenters. The molecular weight excluding hydrogens is 339 g/mol. The predicted molar refractivity (Wildman–Crippen MR) is 99.4 cm³/mol. The maximum Gasteiger partial charge on any atom is 0.243 e. The van der Waals surface area contributed by atoms with E-state index >= 15 is 0 Å². The molecule has 2 rings (SSSR count). The molecule has 0 atom stereocenters. The first-order valence-corrected chi connectivity index (χ1v) is 8.86. The third-order valence-electron chi connectivity index (χ3n) is 3.53. The monoisotopic (exact) mass is 360 g/mol. The van der Waals surface area contributed by atoms with Crippen molar-refractivity contribution in [2.75, 3.05) is 17.6 Å². The third-order valence-corrected chi connectivity index (χ3v) is 4.87. The van der Waals surface area contributed by atoms with Gasteiger partial charge in [-0.05, 0) is 56.2 Å². The van der Waals surface area contributed by atoms with Gasteiger partial charge in [0, 0.05) is 10.6 Å². The van der Waals surface area contributed by atoms with E-state index in [0.29, 0.717) is 5.69 Å². The number of rotatable bonds is 6. The van der Waals surface area contributed by atoms with E-state index in [1.54, 1.807) is 0 Å². The Kier molecular flexibility index (Phi) is 6.58. The highest BCUT2D eigenvalue weighted by atomic mass is 32.2. The number of hydrogen-bond donors (Lipinski definition) is 2. The van der Waals surface area contributed by atoms with Crippen LogP contribution in [0.4, 0.5) is 10.1 Å². The van der Waals surface area contributed by atoms with Crippen LogP contribution in [0.15, 0.2) is 41.3 Å². The number of aryl methyl sites for hydroxylation is 3. The quantitative estimate of drug-likeness (QED) is 0.774. The van der Waals surface area contributed by atoms with E-state index in [9.17, 15) is 14.0 Å². The normalized spacial score (nSPS) is 10.4. The minimum Gasteiger partial charge on any atom is -0.346 e. The Bertz CT molecular complexity index is 752. The van der Waals surface area contributed by atoms with Gasteiger partial charge in [0.1, 0.15) is 5.82 Å². The highest BCUT2D eigenvalue weighted by Crippen LogP contribution is 2.27. The van der Waals surface area contributed by atoms with E-state index in [4.69, 9.17) is 0 Å². The molecule has 0 aliphatic carbocycles. The third kappa shape index (κ3) is 5.90. The van der Waals surface area contributed by atoms with Crippen LogP contribution < -0.4 is 10.6 Å². The van der Waals surface area contributed by atoms with Crippen LogP contribution in [0.5, 0.6) is 0 Å². The second-order valence-electron chi connectivity index (χ2n) is 5.85. The molecule has 0 bridgehead atoms. The van der Waals surface area contributed by atoms with E-state index < -0.39 is 0 Å². The van der Waals surface area contributed by atoms with Crippen LogP contribution in [-0.4, -0.2) is 24.1 Å². The van der Waals surface area contributed by atoms with E-state index in [2.05, 4.69) is 22.8 Å². The zero-order valence-corrected chi connectivity index (χ0v) is 15.3. The molecule has 6 heteroatoms. The first kappa shape index (κ1) is 19.0. The summed E-state index contributed by atoms with van der Waals surface area (Å²) in [5, 5.41) is 5.18. The number of halogens is 1. The number of anilines is 1. The maximum atomic E-state index is 12.8. The first-order valence-electron chi connectivity index (χ1n) is 7.88. The molecule has 0 aliphatic rings. The summed E-state index contributed by atoms with van der Waals surface area (Å²) in [5.74, 6) is -0.689. The van der Waals surface area contributed by atoms with Gasteiger partial charge in [-0.3, -0.25) is 9.59 Å². The summed E-state index contributed by atoms with van der Waals surface area (Å²) in [6.45, 7) is 5.97. The van der Waals surface area contributed by atoms with Crippen LogP contribution >= 0.6 is 11.8 Å². The van der Waals surface area contributed by atoms with Crippen molar-refractivity contribution in [3.63, 3.8) is 0 Å². The van der Waals surface area contributed by atoms with Crippen molar-refractivity contribution in [1.29, 1.82) is 0 Å². The fourth-order valence-corrected chi connectivity index (χ4v) is 3.45. The lowest BCUT2D eigenvalue weighted by Crippen LogP contribution is -2.33. The summed E-state index contributed by atoms with van der Waals surface area (Å²) in [7, 11) is 0. The summed E-state index contributed by atoms with van der Waals surface area (Å²) in [4.78, 5) is 24.8. The molecule has 0 saturated heterocycles. The van der Waals surface area contributed by atoms with Crippen LogP contribution in [0.2, 0.25) is 0 Å². The Morgan fingerprint density at radius 1 is 1.00 bits per heavy atom. The number of amides is 2. The summed E-state index contributed by atoms with van der Waals surface area (Å²) in [6, 6.07) is 9.63. The lowest BCUT2D eigenvalue weighted by molar-refractivity contribution is -0.122. The number of carbonyl (C=O) groups excluding carboxylic acids is 2. The molecule has 2 aromatic rings. The van der Waals surface area contributed by atoms with Crippen molar-refractivity contribution in [1.82, 2.24) is 5.32 Å². The molecule has 4 nitrogen and oxygen atoms in total. The van der Waals surface area contributed by atoms with Crippen LogP contribution in [0.3, 0.4) is 0 Å². The summed E-state index contributed by atoms with van der Waals surface area (Å²) in [5.41, 5.74) is 3.97. The number of carbonyl (C=O) groups is 2. The number of benzene rings is 2. The molecule has 0 heterocycles. The van der Waals surface area contributed by atoms with Gasteiger partial charge in [-0.2, -0.15) is 0 Å². The van der Waals surface area contributed by atoms with Crippen molar-refractivity contribution >= 4 is 29.3 Å². The second kappa shape index (κ2) is 8.67. The van der Waals surface area contributed by atoms with Gasteiger partial charge in [-0.25, -0.2) is 4.39 Å². The minimum atomic E-state index is -0.370. The average Bonchev–Trinajstić information content (AvgIpc) is 2.54. The van der Waals surface area contributed by atoms with E-state index in [-0.39, 0.29) is 29.9 Å². The van der Waals surface area contributed by atoms with Gasteiger partial charge in [0.25, 0.3) is 0 Å². The topological polar surface area (TPSA) is 58.2 Å². The van der Waals surface area contributed by atoms with Crippen molar-refractivity contribution in [3.8, 4) is 0 Å². The molecule has 2 amide bonds. The van der Waals surface area contributed by atoms with Gasteiger partial charge in [-0.15, -0.1) is 11.8 Å². The maximum absolute atomic E-state index is 12.8. The largest absolute Gasteiger partial charge is 0.346 e. The lowest BCUT2D eigenvalue weighted by atomic mass is 10.1. The first-order chi connectivity index (χ1) is 11.8. The molecule has 0 saturated carbocycles. The Labute approximate surface area is 151 Å². The summed E-state index contributed by atoms with van der Waals surface area (Å²) in [6.07, 6.45) is 0. The molecule has 0 radical (unpaired) electrons. The van der Waals surface area contributed by atoms with E-state index in [1.165, 1.54) is 41.6 Å². The molecule has 132 valence electrons. The lowest BCUT2D eigenvalue weighted by Gasteiger charge is -2.11. The van der Waals surface area contributed by atoms with Crippen molar-refractivity contribution < 1.29 is 14.0 Å². The van der Waals surface area contributed by atoms with E-state index in [1.807, 2.05) is 20.8 Å². The Hall–Kier alpha value is -2.34. The van der Waals surface area contributed by atoms with Crippen LogP contribution in [-0.2, 0) is 9.59 Å². The average molecular weight is 360 g/mol. The Balaban J connectivity index is 1.79. The number of hydrogen-bond acceptors (Lipinski definition) is 3. The summed E-state index contributed by atoms with van der Waals surface area (Å²) >= 11 is 1.46. The zero-order valence-electron chi connectivity index (χ0n) is 14.5. The summed E-state index contributed by atoms with van der Waals surface area (Å²) < 4.78 is 12.8. The van der Waals surface area contributed by atoms with Crippen LogP contribution in [0, 0.1) is 26.6 Å². The van der Waals surface area contributed by atoms with E-state index in [0.717, 1.165) is 16.0 Å². The molecule has 0 fully saturated rings. The molecule has 2 N–H and O–H groups in total. The van der Waals surface area contributed by atoms with Gasteiger partial charge < -0.3 is 10.6 Å². The van der Waals surface area contributed by atoms with Gasteiger partial charge in [0.2, 0.25) is 11.8 Å².